The van der Waals surface area contributed by atoms with Gasteiger partial charge in [0.25, 0.3) is 0 Å². The molecule has 0 aromatic carbocycles. The van der Waals surface area contributed by atoms with Crippen molar-refractivity contribution in [1.82, 2.24) is 5.32 Å². The van der Waals surface area contributed by atoms with Gasteiger partial charge in [0.2, 0.25) is 0 Å². The molecule has 17 heavy (non-hydrogen) atoms. The van der Waals surface area contributed by atoms with Crippen LogP contribution in [0, 0.1) is 23.7 Å². The smallest absolute Gasteiger partial charge is 0.00949 e. The van der Waals surface area contributed by atoms with Gasteiger partial charge in [-0.15, -0.1) is 0 Å². The number of hydrogen-bond acceptors (Lipinski definition) is 1. The van der Waals surface area contributed by atoms with Crippen LogP contribution < -0.4 is 5.32 Å². The first-order valence-electron chi connectivity index (χ1n) is 7.88. The van der Waals surface area contributed by atoms with Crippen molar-refractivity contribution in [2.24, 2.45) is 23.7 Å². The fraction of sp³-hybridized carbons (Fsp3) is 1.00. The molecule has 1 unspecified atom stereocenters. The summed E-state index contributed by atoms with van der Waals surface area (Å²) in [6, 6.07) is 0.813. The average Bonchev–Trinajstić information content (AvgIpc) is 2.28. The van der Waals surface area contributed by atoms with Crippen molar-refractivity contribution in [3.05, 3.63) is 0 Å². The molecule has 0 spiro atoms. The van der Waals surface area contributed by atoms with E-state index < -0.39 is 0 Å². The summed E-state index contributed by atoms with van der Waals surface area (Å²) in [5.74, 6) is 3.92. The lowest BCUT2D eigenvalue weighted by Crippen LogP contribution is -2.38. The van der Waals surface area contributed by atoms with Gasteiger partial charge < -0.3 is 5.32 Å². The zero-order valence-electron chi connectivity index (χ0n) is 12.0. The van der Waals surface area contributed by atoms with Crippen LogP contribution in [0.15, 0.2) is 0 Å². The molecule has 0 amide bonds. The van der Waals surface area contributed by atoms with Gasteiger partial charge in [-0.3, -0.25) is 0 Å². The quantitative estimate of drug-likeness (QED) is 0.754. The van der Waals surface area contributed by atoms with E-state index in [-0.39, 0.29) is 0 Å². The van der Waals surface area contributed by atoms with E-state index >= 15 is 0 Å². The third-order valence-electron chi connectivity index (χ3n) is 5.51. The molecule has 1 nitrogen and oxygen atoms in total. The third kappa shape index (κ3) is 3.47. The average molecular weight is 237 g/mol. The van der Waals surface area contributed by atoms with Crippen molar-refractivity contribution >= 4 is 0 Å². The van der Waals surface area contributed by atoms with Gasteiger partial charge in [0, 0.05) is 6.04 Å². The standard InChI is InChI=1S/C16H31N/c1-12(2)14-7-9-15(10-8-14)16(17-3)11-13-5-4-6-13/h12-17H,4-11H2,1-3H3. The Bertz CT molecular complexity index is 212. The second-order valence-corrected chi connectivity index (χ2v) is 6.85. The Hall–Kier alpha value is -0.0400. The summed E-state index contributed by atoms with van der Waals surface area (Å²) in [5, 5.41) is 3.61. The van der Waals surface area contributed by atoms with Gasteiger partial charge in [0.15, 0.2) is 0 Å². The monoisotopic (exact) mass is 237 g/mol. The normalized spacial score (nSPS) is 32.5. The topological polar surface area (TPSA) is 12.0 Å². The van der Waals surface area contributed by atoms with Crippen molar-refractivity contribution in [1.29, 1.82) is 0 Å². The summed E-state index contributed by atoms with van der Waals surface area (Å²) in [6.07, 6.45) is 11.8. The van der Waals surface area contributed by atoms with Gasteiger partial charge in [-0.05, 0) is 62.8 Å². The first kappa shape index (κ1) is 13.4. The Morgan fingerprint density at radius 3 is 1.94 bits per heavy atom. The van der Waals surface area contributed by atoms with Crippen molar-refractivity contribution in [2.75, 3.05) is 7.05 Å². The summed E-state index contributed by atoms with van der Waals surface area (Å²) in [7, 11) is 2.18. The second-order valence-electron chi connectivity index (χ2n) is 6.85. The highest BCUT2D eigenvalue weighted by atomic mass is 14.9. The molecule has 2 rings (SSSR count). The van der Waals surface area contributed by atoms with E-state index in [1.807, 2.05) is 0 Å². The largest absolute Gasteiger partial charge is 0.317 e. The van der Waals surface area contributed by atoms with Gasteiger partial charge in [-0.1, -0.05) is 33.1 Å². The molecule has 0 heterocycles. The second kappa shape index (κ2) is 6.22. The van der Waals surface area contributed by atoms with Crippen LogP contribution in [-0.4, -0.2) is 13.1 Å². The van der Waals surface area contributed by atoms with Crippen molar-refractivity contribution in [3.8, 4) is 0 Å². The van der Waals surface area contributed by atoms with Crippen LogP contribution in [-0.2, 0) is 0 Å². The Morgan fingerprint density at radius 2 is 1.53 bits per heavy atom. The fourth-order valence-electron chi connectivity index (χ4n) is 3.85. The lowest BCUT2D eigenvalue weighted by molar-refractivity contribution is 0.161. The SMILES string of the molecule is CNC(CC1CCC1)C1CCC(C(C)C)CC1. The van der Waals surface area contributed by atoms with Crippen molar-refractivity contribution in [2.45, 2.75) is 71.3 Å². The molecule has 2 fully saturated rings. The van der Waals surface area contributed by atoms with Crippen LogP contribution in [0.3, 0.4) is 0 Å². The number of hydrogen-bond donors (Lipinski definition) is 1. The summed E-state index contributed by atoms with van der Waals surface area (Å²) in [4.78, 5) is 0. The Kier molecular flexibility index (Phi) is 4.90. The van der Waals surface area contributed by atoms with E-state index in [1.54, 1.807) is 0 Å². The first-order chi connectivity index (χ1) is 8.20. The van der Waals surface area contributed by atoms with Gasteiger partial charge in [0.05, 0.1) is 0 Å². The predicted molar refractivity (Wildman–Crippen MR) is 75.1 cm³/mol. The van der Waals surface area contributed by atoms with Crippen LogP contribution >= 0.6 is 0 Å². The van der Waals surface area contributed by atoms with Crippen LogP contribution in [0.25, 0.3) is 0 Å². The molecular weight excluding hydrogens is 206 g/mol. The highest BCUT2D eigenvalue weighted by Gasteiger charge is 2.30. The molecule has 0 radical (unpaired) electrons. The molecular formula is C16H31N. The molecule has 2 aliphatic rings. The highest BCUT2D eigenvalue weighted by Crippen LogP contribution is 2.38. The van der Waals surface area contributed by atoms with Gasteiger partial charge in [-0.25, -0.2) is 0 Å². The van der Waals surface area contributed by atoms with Crippen LogP contribution in [0.4, 0.5) is 0 Å². The first-order valence-corrected chi connectivity index (χ1v) is 7.88. The fourth-order valence-corrected chi connectivity index (χ4v) is 3.85. The van der Waals surface area contributed by atoms with E-state index in [2.05, 4.69) is 26.2 Å². The Balaban J connectivity index is 1.76. The van der Waals surface area contributed by atoms with Crippen molar-refractivity contribution < 1.29 is 0 Å². The Labute approximate surface area is 108 Å². The zero-order valence-corrected chi connectivity index (χ0v) is 12.0. The molecule has 2 aliphatic carbocycles. The van der Waals surface area contributed by atoms with E-state index in [9.17, 15) is 0 Å². The van der Waals surface area contributed by atoms with Gasteiger partial charge in [-0.2, -0.15) is 0 Å². The molecule has 0 aromatic heterocycles. The summed E-state index contributed by atoms with van der Waals surface area (Å²) < 4.78 is 0. The molecule has 0 bridgehead atoms. The minimum Gasteiger partial charge on any atom is -0.317 e. The zero-order chi connectivity index (χ0) is 12.3. The number of nitrogens with one attached hydrogen (secondary N) is 1. The predicted octanol–water partition coefficient (Wildman–Crippen LogP) is 4.23. The van der Waals surface area contributed by atoms with E-state index in [1.165, 1.54) is 51.4 Å². The molecule has 0 aromatic rings. The van der Waals surface area contributed by atoms with Crippen LogP contribution in [0.1, 0.15) is 65.2 Å². The maximum absolute atomic E-state index is 3.61. The number of rotatable bonds is 5. The molecule has 0 aliphatic heterocycles. The molecule has 2 saturated carbocycles. The lowest BCUT2D eigenvalue weighted by Gasteiger charge is -2.38. The third-order valence-corrected chi connectivity index (χ3v) is 5.51. The summed E-state index contributed by atoms with van der Waals surface area (Å²) in [5.41, 5.74) is 0. The molecule has 0 saturated heterocycles. The molecule has 1 atom stereocenters. The van der Waals surface area contributed by atoms with E-state index in [0.29, 0.717) is 0 Å². The van der Waals surface area contributed by atoms with Gasteiger partial charge in [0.1, 0.15) is 0 Å². The van der Waals surface area contributed by atoms with Crippen LogP contribution in [0.2, 0.25) is 0 Å². The maximum Gasteiger partial charge on any atom is 0.00949 e. The van der Waals surface area contributed by atoms with Crippen molar-refractivity contribution in [3.63, 3.8) is 0 Å². The minimum atomic E-state index is 0.813. The highest BCUT2D eigenvalue weighted by molar-refractivity contribution is 4.85. The van der Waals surface area contributed by atoms with E-state index in [4.69, 9.17) is 0 Å². The van der Waals surface area contributed by atoms with Crippen LogP contribution in [0.5, 0.6) is 0 Å². The lowest BCUT2D eigenvalue weighted by atomic mass is 9.71. The summed E-state index contributed by atoms with van der Waals surface area (Å²) >= 11 is 0. The molecule has 100 valence electrons. The maximum atomic E-state index is 3.61. The van der Waals surface area contributed by atoms with E-state index in [0.717, 1.165) is 29.7 Å². The minimum absolute atomic E-state index is 0.813. The Morgan fingerprint density at radius 1 is 0.941 bits per heavy atom. The summed E-state index contributed by atoms with van der Waals surface area (Å²) in [6.45, 7) is 4.80. The van der Waals surface area contributed by atoms with Gasteiger partial charge >= 0.3 is 0 Å². The molecule has 1 N–H and O–H groups in total. The molecule has 1 heteroatoms.